The van der Waals surface area contributed by atoms with Crippen LogP contribution in [0, 0.1) is 0 Å². The number of ether oxygens (including phenoxy) is 1. The molecular weight excluding hydrogens is 356 g/mol. The first-order chi connectivity index (χ1) is 12.1. The fraction of sp³-hybridized carbons (Fsp3) is 0.579. The molecule has 1 heterocycles. The van der Waals surface area contributed by atoms with E-state index in [1.54, 1.807) is 11.0 Å². The third-order valence-electron chi connectivity index (χ3n) is 4.18. The second-order valence-electron chi connectivity index (χ2n) is 7.58. The first kappa shape index (κ1) is 20.4. The SMILES string of the molecule is CC(C)(C)OC(=O)N1CCC(Nc2ccc(Cl)cc2CCC(=O)O)CC1. The lowest BCUT2D eigenvalue weighted by Gasteiger charge is -2.34. The van der Waals surface area contributed by atoms with Crippen LogP contribution in [0.2, 0.25) is 5.02 Å². The molecule has 1 amide bonds. The smallest absolute Gasteiger partial charge is 0.410 e. The summed E-state index contributed by atoms with van der Waals surface area (Å²) in [6.07, 6.45) is 1.83. The highest BCUT2D eigenvalue weighted by atomic mass is 35.5. The van der Waals surface area contributed by atoms with Crippen LogP contribution >= 0.6 is 11.6 Å². The number of carboxylic acids is 1. The number of anilines is 1. The summed E-state index contributed by atoms with van der Waals surface area (Å²) in [7, 11) is 0. The molecule has 1 fully saturated rings. The van der Waals surface area contributed by atoms with Gasteiger partial charge < -0.3 is 20.1 Å². The lowest BCUT2D eigenvalue weighted by molar-refractivity contribution is -0.136. The standard InChI is InChI=1S/C19H27ClN2O4/c1-19(2,3)26-18(25)22-10-8-15(9-11-22)21-16-6-5-14(20)12-13(16)4-7-17(23)24/h5-6,12,15,21H,4,7-11H2,1-3H3,(H,23,24). The maximum absolute atomic E-state index is 12.1. The van der Waals surface area contributed by atoms with Crippen molar-refractivity contribution in [1.82, 2.24) is 4.90 Å². The van der Waals surface area contributed by atoms with E-state index in [4.69, 9.17) is 21.4 Å². The van der Waals surface area contributed by atoms with Gasteiger partial charge in [-0.25, -0.2) is 4.79 Å². The van der Waals surface area contributed by atoms with Gasteiger partial charge in [-0.1, -0.05) is 11.6 Å². The quantitative estimate of drug-likeness (QED) is 0.799. The van der Waals surface area contributed by atoms with Crippen molar-refractivity contribution in [2.24, 2.45) is 0 Å². The molecule has 0 saturated carbocycles. The van der Waals surface area contributed by atoms with Gasteiger partial charge in [0, 0.05) is 36.3 Å². The highest BCUT2D eigenvalue weighted by molar-refractivity contribution is 6.30. The first-order valence-electron chi connectivity index (χ1n) is 8.89. The van der Waals surface area contributed by atoms with E-state index in [1.165, 1.54) is 0 Å². The number of hydrogen-bond acceptors (Lipinski definition) is 4. The molecule has 1 aromatic rings. The summed E-state index contributed by atoms with van der Waals surface area (Å²) in [5.74, 6) is -0.832. The van der Waals surface area contributed by atoms with Gasteiger partial charge in [0.05, 0.1) is 0 Å². The third kappa shape index (κ3) is 6.41. The Morgan fingerprint density at radius 2 is 1.96 bits per heavy atom. The monoisotopic (exact) mass is 382 g/mol. The molecule has 0 atom stereocenters. The molecule has 1 aromatic carbocycles. The Bertz CT molecular complexity index is 649. The van der Waals surface area contributed by atoms with E-state index in [0.29, 0.717) is 24.5 Å². The van der Waals surface area contributed by atoms with E-state index >= 15 is 0 Å². The lowest BCUT2D eigenvalue weighted by Crippen LogP contribution is -2.44. The molecule has 2 rings (SSSR count). The van der Waals surface area contributed by atoms with Crippen LogP contribution in [0.15, 0.2) is 18.2 Å². The number of carboxylic acid groups (broad SMARTS) is 1. The zero-order valence-electron chi connectivity index (χ0n) is 15.5. The number of carbonyl (C=O) groups excluding carboxylic acids is 1. The topological polar surface area (TPSA) is 78.9 Å². The van der Waals surface area contributed by atoms with E-state index in [2.05, 4.69) is 5.32 Å². The van der Waals surface area contributed by atoms with Crippen molar-refractivity contribution in [3.8, 4) is 0 Å². The lowest BCUT2D eigenvalue weighted by atomic mass is 10.0. The maximum atomic E-state index is 12.1. The number of hydrogen-bond donors (Lipinski definition) is 2. The fourth-order valence-corrected chi connectivity index (χ4v) is 3.10. The predicted octanol–water partition coefficient (Wildman–Crippen LogP) is 4.17. The molecule has 0 radical (unpaired) electrons. The minimum atomic E-state index is -0.832. The van der Waals surface area contributed by atoms with Crippen molar-refractivity contribution in [3.05, 3.63) is 28.8 Å². The molecule has 1 saturated heterocycles. The Morgan fingerprint density at radius 1 is 1.31 bits per heavy atom. The first-order valence-corrected chi connectivity index (χ1v) is 9.26. The van der Waals surface area contributed by atoms with Gasteiger partial charge in [-0.15, -0.1) is 0 Å². The maximum Gasteiger partial charge on any atom is 0.410 e. The minimum Gasteiger partial charge on any atom is -0.481 e. The summed E-state index contributed by atoms with van der Waals surface area (Å²) >= 11 is 6.05. The molecule has 1 aliphatic heterocycles. The Morgan fingerprint density at radius 3 is 2.54 bits per heavy atom. The number of nitrogens with one attached hydrogen (secondary N) is 1. The molecule has 0 aromatic heterocycles. The van der Waals surface area contributed by atoms with Crippen LogP contribution in [0.5, 0.6) is 0 Å². The third-order valence-corrected chi connectivity index (χ3v) is 4.42. The molecule has 0 bridgehead atoms. The number of likely N-dealkylation sites (tertiary alicyclic amines) is 1. The molecule has 1 aliphatic rings. The van der Waals surface area contributed by atoms with E-state index in [0.717, 1.165) is 24.1 Å². The summed E-state index contributed by atoms with van der Waals surface area (Å²) in [6.45, 7) is 6.84. The van der Waals surface area contributed by atoms with Crippen molar-refractivity contribution in [2.45, 2.75) is 58.1 Å². The molecule has 6 nitrogen and oxygen atoms in total. The largest absolute Gasteiger partial charge is 0.481 e. The van der Waals surface area contributed by atoms with Gasteiger partial charge in [-0.05, 0) is 63.8 Å². The molecule has 0 unspecified atom stereocenters. The number of aliphatic carboxylic acids is 1. The average molecular weight is 383 g/mol. The fourth-order valence-electron chi connectivity index (χ4n) is 2.90. The van der Waals surface area contributed by atoms with Gasteiger partial charge in [0.1, 0.15) is 5.60 Å². The Kier molecular flexibility index (Phi) is 6.75. The Labute approximate surface area is 159 Å². The highest BCUT2D eigenvalue weighted by Crippen LogP contribution is 2.25. The number of piperidine rings is 1. The van der Waals surface area contributed by atoms with Crippen molar-refractivity contribution < 1.29 is 19.4 Å². The zero-order chi connectivity index (χ0) is 19.3. The molecule has 2 N–H and O–H groups in total. The molecule has 0 aliphatic carbocycles. The zero-order valence-corrected chi connectivity index (χ0v) is 16.3. The Balaban J connectivity index is 1.93. The van der Waals surface area contributed by atoms with Crippen LogP contribution in [-0.4, -0.2) is 46.8 Å². The molecule has 144 valence electrons. The van der Waals surface area contributed by atoms with Crippen LogP contribution in [0.3, 0.4) is 0 Å². The number of nitrogens with zero attached hydrogens (tertiary/aromatic N) is 1. The van der Waals surface area contributed by atoms with Gasteiger partial charge >= 0.3 is 12.1 Å². The molecule has 26 heavy (non-hydrogen) atoms. The van der Waals surface area contributed by atoms with Crippen LogP contribution < -0.4 is 5.32 Å². The normalized spacial score (nSPS) is 15.6. The van der Waals surface area contributed by atoms with Crippen LogP contribution in [-0.2, 0) is 16.0 Å². The average Bonchev–Trinajstić information content (AvgIpc) is 2.54. The van der Waals surface area contributed by atoms with E-state index in [1.807, 2.05) is 32.9 Å². The highest BCUT2D eigenvalue weighted by Gasteiger charge is 2.27. The summed E-state index contributed by atoms with van der Waals surface area (Å²) in [6, 6.07) is 5.71. The number of benzene rings is 1. The van der Waals surface area contributed by atoms with Crippen LogP contribution in [0.1, 0.15) is 45.6 Å². The summed E-state index contributed by atoms with van der Waals surface area (Å²) in [5.41, 5.74) is 1.31. The number of halogens is 1. The number of carbonyl (C=O) groups is 2. The van der Waals surface area contributed by atoms with Crippen molar-refractivity contribution in [2.75, 3.05) is 18.4 Å². The van der Waals surface area contributed by atoms with Gasteiger partial charge in [0.2, 0.25) is 0 Å². The predicted molar refractivity (Wildman–Crippen MR) is 102 cm³/mol. The Hall–Kier alpha value is -1.95. The number of rotatable bonds is 5. The summed E-state index contributed by atoms with van der Waals surface area (Å²) in [4.78, 5) is 24.7. The van der Waals surface area contributed by atoms with Crippen molar-refractivity contribution in [1.29, 1.82) is 0 Å². The van der Waals surface area contributed by atoms with E-state index in [9.17, 15) is 9.59 Å². The van der Waals surface area contributed by atoms with E-state index < -0.39 is 11.6 Å². The molecule has 0 spiro atoms. The number of aryl methyl sites for hydroxylation is 1. The van der Waals surface area contributed by atoms with Gasteiger partial charge in [-0.2, -0.15) is 0 Å². The minimum absolute atomic E-state index is 0.0616. The van der Waals surface area contributed by atoms with Gasteiger partial charge in [0.25, 0.3) is 0 Å². The van der Waals surface area contributed by atoms with Crippen molar-refractivity contribution in [3.63, 3.8) is 0 Å². The van der Waals surface area contributed by atoms with Crippen molar-refractivity contribution >= 4 is 29.4 Å². The molecular formula is C19H27ClN2O4. The summed E-state index contributed by atoms with van der Waals surface area (Å²) in [5, 5.41) is 13.0. The number of amides is 1. The van der Waals surface area contributed by atoms with E-state index in [-0.39, 0.29) is 18.6 Å². The van der Waals surface area contributed by atoms with Crippen LogP contribution in [0.4, 0.5) is 10.5 Å². The second kappa shape index (κ2) is 8.62. The van der Waals surface area contributed by atoms with Crippen LogP contribution in [0.25, 0.3) is 0 Å². The van der Waals surface area contributed by atoms with Gasteiger partial charge in [0.15, 0.2) is 0 Å². The second-order valence-corrected chi connectivity index (χ2v) is 8.02. The van der Waals surface area contributed by atoms with Gasteiger partial charge in [-0.3, -0.25) is 4.79 Å². The molecule has 7 heteroatoms. The summed E-state index contributed by atoms with van der Waals surface area (Å²) < 4.78 is 5.41.